The molecule has 0 aliphatic carbocycles. The quantitative estimate of drug-likeness (QED) is 0.562. The van der Waals surface area contributed by atoms with Crippen molar-refractivity contribution in [3.8, 4) is 16.9 Å². The van der Waals surface area contributed by atoms with Gasteiger partial charge >= 0.3 is 0 Å². The van der Waals surface area contributed by atoms with Crippen LogP contribution in [-0.2, 0) is 0 Å². The lowest BCUT2D eigenvalue weighted by Gasteiger charge is -2.14. The van der Waals surface area contributed by atoms with E-state index in [1.807, 2.05) is 80.6 Å². The number of nitrogens with zero attached hydrogens (tertiary/aromatic N) is 4. The Labute approximate surface area is 169 Å². The number of pyridine rings is 1. The summed E-state index contributed by atoms with van der Waals surface area (Å²) < 4.78 is 1.68. The molecule has 1 N–H and O–H groups in total. The van der Waals surface area contributed by atoms with Gasteiger partial charge in [0.15, 0.2) is 5.69 Å². The van der Waals surface area contributed by atoms with Crippen molar-refractivity contribution in [1.29, 1.82) is 0 Å². The molecule has 0 spiro atoms. The van der Waals surface area contributed by atoms with E-state index in [1.165, 1.54) is 0 Å². The van der Waals surface area contributed by atoms with Crippen molar-refractivity contribution in [3.63, 3.8) is 0 Å². The summed E-state index contributed by atoms with van der Waals surface area (Å²) in [5, 5.41) is 11.5. The Balaban J connectivity index is 1.73. The van der Waals surface area contributed by atoms with E-state index in [9.17, 15) is 4.79 Å². The molecule has 0 saturated carbocycles. The van der Waals surface area contributed by atoms with E-state index < -0.39 is 0 Å². The fourth-order valence-corrected chi connectivity index (χ4v) is 3.15. The Kier molecular flexibility index (Phi) is 5.16. The molecule has 6 heteroatoms. The maximum atomic E-state index is 13.1. The van der Waals surface area contributed by atoms with Crippen LogP contribution in [0.25, 0.3) is 16.9 Å². The van der Waals surface area contributed by atoms with Crippen LogP contribution in [0.3, 0.4) is 0 Å². The number of aromatic nitrogens is 4. The second kappa shape index (κ2) is 8.06. The van der Waals surface area contributed by atoms with Gasteiger partial charge in [-0.25, -0.2) is 4.68 Å². The fourth-order valence-electron chi connectivity index (χ4n) is 3.15. The Hall–Kier alpha value is -3.80. The summed E-state index contributed by atoms with van der Waals surface area (Å²) in [7, 11) is 0. The molecule has 0 aliphatic heterocycles. The highest BCUT2D eigenvalue weighted by atomic mass is 16.2. The summed E-state index contributed by atoms with van der Waals surface area (Å²) in [6.07, 6.45) is 3.40. The van der Waals surface area contributed by atoms with Crippen LogP contribution >= 0.6 is 0 Å². The number of aryl methyl sites for hydroxylation is 1. The first kappa shape index (κ1) is 18.6. The maximum absolute atomic E-state index is 13.1. The number of nitrogens with one attached hydrogen (secondary N) is 1. The van der Waals surface area contributed by atoms with Crippen molar-refractivity contribution in [1.82, 2.24) is 25.3 Å². The van der Waals surface area contributed by atoms with Crippen molar-refractivity contribution in [3.05, 3.63) is 95.9 Å². The van der Waals surface area contributed by atoms with E-state index in [2.05, 4.69) is 20.6 Å². The molecule has 0 aliphatic rings. The van der Waals surface area contributed by atoms with Gasteiger partial charge in [0.05, 0.1) is 11.7 Å². The summed E-state index contributed by atoms with van der Waals surface area (Å²) in [6, 6.07) is 21.3. The topological polar surface area (TPSA) is 72.7 Å². The molecule has 0 fully saturated rings. The third-order valence-electron chi connectivity index (χ3n) is 4.75. The van der Waals surface area contributed by atoms with Gasteiger partial charge in [-0.05, 0) is 43.7 Å². The van der Waals surface area contributed by atoms with Crippen molar-refractivity contribution in [2.45, 2.75) is 19.9 Å². The standard InChI is InChI=1S/C23H21N5O/c1-16-10-12-20(13-11-16)28-22(19-9-6-14-24-15-19)21(26-27-28)23(29)25-17(2)18-7-4-3-5-8-18/h3-15,17H,1-2H3,(H,25,29). The lowest BCUT2D eigenvalue weighted by molar-refractivity contribution is 0.0935. The fraction of sp³-hybridized carbons (Fsp3) is 0.130. The Morgan fingerprint density at radius 1 is 1.00 bits per heavy atom. The predicted molar refractivity (Wildman–Crippen MR) is 112 cm³/mol. The van der Waals surface area contributed by atoms with E-state index in [-0.39, 0.29) is 17.6 Å². The lowest BCUT2D eigenvalue weighted by atomic mass is 10.1. The molecule has 29 heavy (non-hydrogen) atoms. The van der Waals surface area contributed by atoms with Crippen molar-refractivity contribution < 1.29 is 4.79 Å². The number of carbonyl (C=O) groups is 1. The second-order valence-corrected chi connectivity index (χ2v) is 6.88. The molecule has 144 valence electrons. The smallest absolute Gasteiger partial charge is 0.274 e. The van der Waals surface area contributed by atoms with Gasteiger partial charge in [0.1, 0.15) is 5.69 Å². The van der Waals surface area contributed by atoms with Gasteiger partial charge in [-0.3, -0.25) is 9.78 Å². The van der Waals surface area contributed by atoms with Crippen molar-refractivity contribution in [2.75, 3.05) is 0 Å². The van der Waals surface area contributed by atoms with E-state index in [0.29, 0.717) is 5.69 Å². The molecule has 1 unspecified atom stereocenters. The third-order valence-corrected chi connectivity index (χ3v) is 4.75. The zero-order valence-corrected chi connectivity index (χ0v) is 16.3. The molecule has 2 aromatic carbocycles. The maximum Gasteiger partial charge on any atom is 0.274 e. The molecule has 0 saturated heterocycles. The molecular formula is C23H21N5O. The van der Waals surface area contributed by atoms with Gasteiger partial charge in [-0.15, -0.1) is 5.10 Å². The molecule has 1 amide bonds. The summed E-state index contributed by atoms with van der Waals surface area (Å²) in [4.78, 5) is 17.3. The number of benzene rings is 2. The predicted octanol–water partition coefficient (Wildman–Crippen LogP) is 4.13. The van der Waals surface area contributed by atoms with Crippen LogP contribution < -0.4 is 5.32 Å². The highest BCUT2D eigenvalue weighted by Gasteiger charge is 2.23. The van der Waals surface area contributed by atoms with Crippen LogP contribution in [0.5, 0.6) is 0 Å². The lowest BCUT2D eigenvalue weighted by Crippen LogP contribution is -2.27. The third kappa shape index (κ3) is 3.91. The molecule has 4 rings (SSSR count). The van der Waals surface area contributed by atoms with E-state index in [0.717, 1.165) is 22.4 Å². The number of carbonyl (C=O) groups excluding carboxylic acids is 1. The van der Waals surface area contributed by atoms with Gasteiger partial charge in [-0.2, -0.15) is 0 Å². The molecule has 0 radical (unpaired) electrons. The van der Waals surface area contributed by atoms with Crippen LogP contribution in [0.15, 0.2) is 79.1 Å². The molecule has 2 aromatic heterocycles. The van der Waals surface area contributed by atoms with Gasteiger partial charge in [0.25, 0.3) is 5.91 Å². The highest BCUT2D eigenvalue weighted by Crippen LogP contribution is 2.25. The SMILES string of the molecule is Cc1ccc(-n2nnc(C(=O)NC(C)c3ccccc3)c2-c2cccnc2)cc1. The highest BCUT2D eigenvalue weighted by molar-refractivity contribution is 5.98. The average molecular weight is 383 g/mol. The van der Waals surface area contributed by atoms with Gasteiger partial charge in [0.2, 0.25) is 0 Å². The van der Waals surface area contributed by atoms with Crippen LogP contribution in [0.2, 0.25) is 0 Å². The minimum Gasteiger partial charge on any atom is -0.344 e. The minimum atomic E-state index is -0.279. The molecule has 4 aromatic rings. The number of hydrogen-bond acceptors (Lipinski definition) is 4. The monoisotopic (exact) mass is 383 g/mol. The van der Waals surface area contributed by atoms with Crippen molar-refractivity contribution >= 4 is 5.91 Å². The van der Waals surface area contributed by atoms with Crippen LogP contribution in [-0.4, -0.2) is 25.9 Å². The van der Waals surface area contributed by atoms with Gasteiger partial charge < -0.3 is 5.32 Å². The first-order valence-electron chi connectivity index (χ1n) is 9.42. The first-order chi connectivity index (χ1) is 14.1. The zero-order chi connectivity index (χ0) is 20.2. The molecule has 0 bridgehead atoms. The number of rotatable bonds is 5. The van der Waals surface area contributed by atoms with Crippen LogP contribution in [0, 0.1) is 6.92 Å². The van der Waals surface area contributed by atoms with Crippen LogP contribution in [0.4, 0.5) is 0 Å². The van der Waals surface area contributed by atoms with Gasteiger partial charge in [0, 0.05) is 18.0 Å². The Bertz CT molecular complexity index is 1110. The van der Waals surface area contributed by atoms with E-state index in [4.69, 9.17) is 0 Å². The summed E-state index contributed by atoms with van der Waals surface area (Å²) >= 11 is 0. The normalized spacial score (nSPS) is 11.8. The second-order valence-electron chi connectivity index (χ2n) is 6.88. The average Bonchev–Trinajstić information content (AvgIpc) is 3.21. The van der Waals surface area contributed by atoms with Crippen LogP contribution in [0.1, 0.15) is 34.6 Å². The van der Waals surface area contributed by atoms with E-state index in [1.54, 1.807) is 17.1 Å². The molecule has 1 atom stereocenters. The summed E-state index contributed by atoms with van der Waals surface area (Å²) in [6.45, 7) is 3.97. The van der Waals surface area contributed by atoms with Crippen molar-refractivity contribution in [2.24, 2.45) is 0 Å². The molecule has 2 heterocycles. The number of amides is 1. The van der Waals surface area contributed by atoms with E-state index >= 15 is 0 Å². The molecule has 6 nitrogen and oxygen atoms in total. The Morgan fingerprint density at radius 3 is 2.45 bits per heavy atom. The number of hydrogen-bond donors (Lipinski definition) is 1. The summed E-state index contributed by atoms with van der Waals surface area (Å²) in [5.41, 5.74) is 4.65. The minimum absolute atomic E-state index is 0.157. The largest absolute Gasteiger partial charge is 0.344 e. The van der Waals surface area contributed by atoms with Gasteiger partial charge in [-0.1, -0.05) is 53.2 Å². The summed E-state index contributed by atoms with van der Waals surface area (Å²) in [5.74, 6) is -0.279. The molecular weight excluding hydrogens is 362 g/mol. The zero-order valence-electron chi connectivity index (χ0n) is 16.3. The first-order valence-corrected chi connectivity index (χ1v) is 9.42. The Morgan fingerprint density at radius 2 is 1.76 bits per heavy atom.